The third-order valence-corrected chi connectivity index (χ3v) is 9.36. The van der Waals surface area contributed by atoms with E-state index in [2.05, 4.69) is 70.5 Å². The highest BCUT2D eigenvalue weighted by Gasteiger charge is 2.39. The lowest BCUT2D eigenvalue weighted by atomic mass is 9.69. The van der Waals surface area contributed by atoms with E-state index in [1.807, 2.05) is 12.1 Å². The first-order chi connectivity index (χ1) is 18.5. The van der Waals surface area contributed by atoms with Crippen molar-refractivity contribution in [3.63, 3.8) is 0 Å². The number of aryl methyl sites for hydroxylation is 1. The summed E-state index contributed by atoms with van der Waals surface area (Å²) in [6.07, 6.45) is 6.62. The quantitative estimate of drug-likeness (QED) is 0.439. The van der Waals surface area contributed by atoms with Gasteiger partial charge in [0.05, 0.1) is 6.54 Å². The Balaban J connectivity index is 1.20. The van der Waals surface area contributed by atoms with Crippen LogP contribution >= 0.6 is 0 Å². The second-order valence-electron chi connectivity index (χ2n) is 11.7. The first kappa shape index (κ1) is 25.0. The lowest BCUT2D eigenvalue weighted by Gasteiger charge is -2.48. The predicted octanol–water partition coefficient (Wildman–Crippen LogP) is 6.02. The summed E-state index contributed by atoms with van der Waals surface area (Å²) in [6, 6.07) is 26.0. The number of nitrogens with zero attached hydrogens (tertiary/aromatic N) is 2. The van der Waals surface area contributed by atoms with Crippen LogP contribution in [0.15, 0.2) is 72.8 Å². The van der Waals surface area contributed by atoms with Gasteiger partial charge in [0.2, 0.25) is 0 Å². The topological polar surface area (TPSA) is 64.0 Å². The fourth-order valence-electron chi connectivity index (χ4n) is 7.45. The van der Waals surface area contributed by atoms with Crippen molar-refractivity contribution in [3.8, 4) is 5.75 Å². The highest BCUT2D eigenvalue weighted by atomic mass is 16.4. The number of hydrogen-bond acceptors (Lipinski definition) is 4. The van der Waals surface area contributed by atoms with Crippen molar-refractivity contribution in [2.24, 2.45) is 5.41 Å². The lowest BCUT2D eigenvalue weighted by molar-refractivity contribution is -0.139. The van der Waals surface area contributed by atoms with E-state index in [0.29, 0.717) is 11.7 Å². The first-order valence-corrected chi connectivity index (χ1v) is 14.2. The summed E-state index contributed by atoms with van der Waals surface area (Å²) in [6.45, 7) is 4.05. The molecule has 0 aromatic heterocycles. The second kappa shape index (κ2) is 10.5. The average Bonchev–Trinajstić information content (AvgIpc) is 2.93. The average molecular weight is 511 g/mol. The predicted molar refractivity (Wildman–Crippen MR) is 151 cm³/mol. The Morgan fingerprint density at radius 3 is 2.39 bits per heavy atom. The van der Waals surface area contributed by atoms with Gasteiger partial charge >= 0.3 is 5.97 Å². The largest absolute Gasteiger partial charge is 0.508 e. The molecule has 2 N–H and O–H groups in total. The summed E-state index contributed by atoms with van der Waals surface area (Å²) in [4.78, 5) is 15.9. The Morgan fingerprint density at radius 1 is 0.895 bits per heavy atom. The summed E-state index contributed by atoms with van der Waals surface area (Å²) < 4.78 is 0. The fraction of sp³-hybridized carbons (Fsp3) is 0.424. The van der Waals surface area contributed by atoms with Crippen LogP contribution in [0.25, 0.3) is 0 Å². The number of fused-ring (bicyclic) bond motifs is 1. The molecule has 3 aliphatic rings. The van der Waals surface area contributed by atoms with Gasteiger partial charge in [0.1, 0.15) is 5.75 Å². The van der Waals surface area contributed by atoms with Crippen LogP contribution in [0.1, 0.15) is 66.2 Å². The molecule has 6 rings (SSSR count). The number of aliphatic carboxylic acids is 1. The van der Waals surface area contributed by atoms with E-state index < -0.39 is 5.97 Å². The monoisotopic (exact) mass is 510 g/mol. The summed E-state index contributed by atoms with van der Waals surface area (Å²) >= 11 is 0. The van der Waals surface area contributed by atoms with Crippen LogP contribution in [0.3, 0.4) is 0 Å². The molecule has 1 spiro atoms. The molecule has 0 bridgehead atoms. The molecule has 3 aromatic carbocycles. The molecule has 2 atom stereocenters. The number of hydrogen-bond donors (Lipinski definition) is 2. The minimum atomic E-state index is -0.716. The standard InChI is InChI=1S/C33H38N2O3/c36-28-12-14-30-26(21-28)9-13-29(24-5-2-1-3-6-24)32(30)25-7-10-27(11-8-25)35-19-16-33(17-20-35)15-4-18-34(23-33)22-31(37)38/h1-3,5-8,10-12,14,21,29,32,36H,4,9,13,15-20,22-23H2,(H,37,38)/t29-,32?/m1/s1. The fourth-order valence-corrected chi connectivity index (χ4v) is 7.45. The maximum atomic E-state index is 11.2. The van der Waals surface area contributed by atoms with Gasteiger partial charge < -0.3 is 15.1 Å². The number of carboxylic acid groups (broad SMARTS) is 1. The lowest BCUT2D eigenvalue weighted by Crippen LogP contribution is -2.50. The summed E-state index contributed by atoms with van der Waals surface area (Å²) in [5.41, 5.74) is 6.85. The summed E-state index contributed by atoms with van der Waals surface area (Å²) in [5.74, 6) is 0.311. The van der Waals surface area contributed by atoms with Crippen LogP contribution < -0.4 is 4.90 Å². The number of benzene rings is 3. The number of likely N-dealkylation sites (tertiary alicyclic amines) is 1. The Bertz CT molecular complexity index is 1270. The van der Waals surface area contributed by atoms with Crippen molar-refractivity contribution < 1.29 is 15.0 Å². The van der Waals surface area contributed by atoms with E-state index in [9.17, 15) is 15.0 Å². The Morgan fingerprint density at radius 2 is 1.66 bits per heavy atom. The van der Waals surface area contributed by atoms with Crippen LogP contribution in [0.4, 0.5) is 5.69 Å². The molecule has 1 aliphatic carbocycles. The number of phenols is 1. The van der Waals surface area contributed by atoms with E-state index in [4.69, 9.17) is 0 Å². The molecule has 2 aliphatic heterocycles. The van der Waals surface area contributed by atoms with Crippen molar-refractivity contribution in [1.29, 1.82) is 0 Å². The molecule has 5 nitrogen and oxygen atoms in total. The van der Waals surface area contributed by atoms with Gasteiger partial charge in [-0.1, -0.05) is 48.5 Å². The SMILES string of the molecule is O=C(O)CN1CCCC2(CCN(c3ccc(C4c5ccc(O)cc5CC[C@@H]4c4ccccc4)cc3)CC2)C1. The van der Waals surface area contributed by atoms with Crippen LogP contribution in [-0.4, -0.2) is 53.8 Å². The zero-order valence-electron chi connectivity index (χ0n) is 22.1. The molecule has 3 aromatic rings. The zero-order chi connectivity index (χ0) is 26.1. The van der Waals surface area contributed by atoms with Crippen LogP contribution in [0.2, 0.25) is 0 Å². The highest BCUT2D eigenvalue weighted by Crippen LogP contribution is 2.47. The molecule has 198 valence electrons. The van der Waals surface area contributed by atoms with Gasteiger partial charge in [0, 0.05) is 31.2 Å². The van der Waals surface area contributed by atoms with Gasteiger partial charge in [0.25, 0.3) is 0 Å². The molecule has 5 heteroatoms. The van der Waals surface area contributed by atoms with Gasteiger partial charge in [-0.25, -0.2) is 0 Å². The highest BCUT2D eigenvalue weighted by molar-refractivity contribution is 5.69. The maximum Gasteiger partial charge on any atom is 0.317 e. The molecular formula is C33H38N2O3. The normalized spacial score (nSPS) is 23.2. The van der Waals surface area contributed by atoms with E-state index >= 15 is 0 Å². The van der Waals surface area contributed by atoms with Gasteiger partial charge in [-0.15, -0.1) is 0 Å². The van der Waals surface area contributed by atoms with Crippen molar-refractivity contribution in [1.82, 2.24) is 4.90 Å². The molecule has 38 heavy (non-hydrogen) atoms. The van der Waals surface area contributed by atoms with E-state index in [0.717, 1.165) is 58.3 Å². The van der Waals surface area contributed by atoms with Crippen LogP contribution in [-0.2, 0) is 11.2 Å². The smallest absolute Gasteiger partial charge is 0.317 e. The minimum Gasteiger partial charge on any atom is -0.508 e. The molecule has 0 radical (unpaired) electrons. The van der Waals surface area contributed by atoms with Crippen molar-refractivity contribution >= 4 is 11.7 Å². The Kier molecular flexibility index (Phi) is 6.87. The number of carbonyl (C=O) groups is 1. The van der Waals surface area contributed by atoms with E-state index in [-0.39, 0.29) is 17.9 Å². The number of piperidine rings is 2. The minimum absolute atomic E-state index is 0.167. The van der Waals surface area contributed by atoms with Gasteiger partial charge in [-0.3, -0.25) is 9.69 Å². The number of aromatic hydroxyl groups is 1. The van der Waals surface area contributed by atoms with Gasteiger partial charge in [-0.2, -0.15) is 0 Å². The summed E-state index contributed by atoms with van der Waals surface area (Å²) in [7, 11) is 0. The van der Waals surface area contributed by atoms with Crippen molar-refractivity contribution in [2.45, 2.75) is 50.4 Å². The van der Waals surface area contributed by atoms with Crippen LogP contribution in [0.5, 0.6) is 5.75 Å². The summed E-state index contributed by atoms with van der Waals surface area (Å²) in [5, 5.41) is 19.4. The van der Waals surface area contributed by atoms with Gasteiger partial charge in [-0.05, 0) is 103 Å². The molecular weight excluding hydrogens is 472 g/mol. The number of phenolic OH excluding ortho intramolecular Hbond substituents is 1. The Labute approximate surface area is 225 Å². The Hall–Kier alpha value is -3.31. The molecule has 0 saturated carbocycles. The second-order valence-corrected chi connectivity index (χ2v) is 11.7. The first-order valence-electron chi connectivity index (χ1n) is 14.2. The molecule has 2 fully saturated rings. The number of anilines is 1. The molecule has 2 saturated heterocycles. The molecule has 0 amide bonds. The van der Waals surface area contributed by atoms with E-state index in [1.54, 1.807) is 0 Å². The number of rotatable bonds is 5. The van der Waals surface area contributed by atoms with Crippen molar-refractivity contribution in [3.05, 3.63) is 95.1 Å². The maximum absolute atomic E-state index is 11.2. The molecule has 1 unspecified atom stereocenters. The van der Waals surface area contributed by atoms with Crippen LogP contribution in [0, 0.1) is 5.41 Å². The van der Waals surface area contributed by atoms with Crippen molar-refractivity contribution in [2.75, 3.05) is 37.6 Å². The third-order valence-electron chi connectivity index (χ3n) is 9.36. The zero-order valence-corrected chi connectivity index (χ0v) is 22.1. The third kappa shape index (κ3) is 5.04. The van der Waals surface area contributed by atoms with E-state index in [1.165, 1.54) is 34.4 Å². The molecule has 2 heterocycles. The van der Waals surface area contributed by atoms with Gasteiger partial charge in [0.15, 0.2) is 0 Å². The number of carboxylic acids is 1.